The van der Waals surface area contributed by atoms with E-state index in [1.165, 1.54) is 69.8 Å². The number of likely N-dealkylation sites (N-methyl/N-ethyl adjacent to an activating group) is 3. The number of benzene rings is 3. The van der Waals surface area contributed by atoms with Gasteiger partial charge in [0.2, 0.25) is 100 Å². The zero-order valence-corrected chi connectivity index (χ0v) is 78.5. The molecule has 3 aromatic heterocycles. The Morgan fingerprint density at radius 3 is 1.68 bits per heavy atom. The van der Waals surface area contributed by atoms with Crippen LogP contribution in [0.2, 0.25) is 0 Å². The first kappa shape index (κ1) is 106. The van der Waals surface area contributed by atoms with Crippen LogP contribution < -0.4 is 81.4 Å². The second-order valence-corrected chi connectivity index (χ2v) is 36.1. The van der Waals surface area contributed by atoms with Crippen LogP contribution in [0, 0.1) is 11.3 Å². The number of thioether (sulfide) groups is 1. The predicted octanol–water partition coefficient (Wildman–Crippen LogP) is -2.96. The number of unbranched alkanes of at least 4 members (excludes halogenated alkanes) is 2. The number of nitrogens with one attached hydrogen (secondary N) is 15. The number of imidazole rings is 1. The fraction of sp³-hybridized carbons (Fsp3) is 0.527. The number of phenols is 1. The van der Waals surface area contributed by atoms with Gasteiger partial charge in [0.1, 0.15) is 90.3 Å². The number of hydrogen-bond donors (Lipinski definition) is 21. The van der Waals surface area contributed by atoms with Crippen molar-refractivity contribution in [1.29, 1.82) is 5.41 Å². The smallest absolute Gasteiger partial charge is 0.246 e. The summed E-state index contributed by atoms with van der Waals surface area (Å²) < 4.78 is 0. The monoisotopic (exact) mass is 1910 g/mol. The number of guanidine groups is 1. The van der Waals surface area contributed by atoms with Crippen molar-refractivity contribution < 1.29 is 91.7 Å². The summed E-state index contributed by atoms with van der Waals surface area (Å²) in [6.45, 7) is 6.32. The molecule has 17 amide bonds. The Kier molecular flexibility index (Phi) is 39.4. The van der Waals surface area contributed by atoms with Crippen LogP contribution >= 0.6 is 11.8 Å². The van der Waals surface area contributed by atoms with Gasteiger partial charge >= 0.3 is 0 Å². The number of aromatic nitrogens is 4. The van der Waals surface area contributed by atoms with Crippen molar-refractivity contribution in [2.75, 3.05) is 65.4 Å². The summed E-state index contributed by atoms with van der Waals surface area (Å²) in [6.07, 6.45) is 5.44. The maximum absolute atomic E-state index is 15.8. The molecule has 9 rings (SSSR count). The maximum atomic E-state index is 15.8. The Bertz CT molecular complexity index is 5250. The van der Waals surface area contributed by atoms with Gasteiger partial charge < -0.3 is 131 Å². The molecule has 0 saturated carbocycles. The number of phenolic OH excluding ortho intramolecular Hbond substituents is 1. The number of aliphatic hydroxyl groups is 1. The van der Waals surface area contributed by atoms with Crippen molar-refractivity contribution >= 4 is 140 Å². The number of rotatable bonds is 26. The Labute approximate surface area is 790 Å². The molecule has 6 heterocycles. The first-order valence-corrected chi connectivity index (χ1v) is 46.8. The fourth-order valence-corrected chi connectivity index (χ4v) is 17.7. The van der Waals surface area contributed by atoms with Crippen molar-refractivity contribution in [3.05, 3.63) is 120 Å². The lowest BCUT2D eigenvalue weighted by atomic mass is 10.00. The highest BCUT2D eigenvalue weighted by atomic mass is 32.2. The van der Waals surface area contributed by atoms with Crippen LogP contribution in [0.15, 0.2) is 97.7 Å². The number of primary amides is 2. The summed E-state index contributed by atoms with van der Waals surface area (Å²) in [5.41, 5.74) is 26.5. The van der Waals surface area contributed by atoms with Gasteiger partial charge in [0.15, 0.2) is 5.96 Å². The third kappa shape index (κ3) is 29.4. The number of fused-ring (bicyclic) bond motifs is 4. The Balaban J connectivity index is 1.10. The number of para-hydroxylation sites is 2. The molecule has 0 unspecified atom stereocenters. The third-order valence-corrected chi connectivity index (χ3v) is 25.4. The van der Waals surface area contributed by atoms with Gasteiger partial charge in [-0.3, -0.25) is 86.9 Å². The number of aliphatic hydroxyl groups excluding tert-OH is 1. The van der Waals surface area contributed by atoms with E-state index in [1.807, 2.05) is 13.8 Å². The SMILES string of the molecule is CCCC[C@H]1C(=O)N(C)[C@@H](CCCC)C(=O)N[C@@H](CCCNC(=N)N)C(=O)N[C@H](C(=O)NCC(N)=O)CSCC(=O)N[C@@H](Cc2ccc(O)cc2)C(=O)N(C)[C@@H](C)C(=O)N[C@@H](CC(N)=O)C(=O)N2CCC[C@H]2C(=O)N[C@@H](Cc2cnc[nH]2)C(=O)N[C@@H](CC(C)C)C(=O)N2C[C@H](N)C[C@H]2C(=O)N[C@@H](Cc2c[nH]c3ccccc23)C(=O)N[C@@H](CO)C(=O)N[C@@H](Cc2c[nH]c3ccccc23)C(=O)N1C. The Hall–Kier alpha value is -13.7. The summed E-state index contributed by atoms with van der Waals surface area (Å²) in [6, 6.07) is -2.72. The average Bonchev–Trinajstić information content (AvgIpc) is 1.53. The molecule has 3 aromatic carbocycles. The minimum atomic E-state index is -1.88. The van der Waals surface area contributed by atoms with Crippen LogP contribution in [0.3, 0.4) is 0 Å². The van der Waals surface area contributed by atoms with Gasteiger partial charge in [-0.05, 0) is 105 Å². The molecule has 738 valence electrons. The molecule has 0 spiro atoms. The zero-order valence-electron chi connectivity index (χ0n) is 77.7. The molecule has 3 aliphatic rings. The van der Waals surface area contributed by atoms with Gasteiger partial charge in [-0.25, -0.2) is 4.98 Å². The number of carbonyl (C=O) groups is 17. The second-order valence-electron chi connectivity index (χ2n) is 35.1. The second kappa shape index (κ2) is 50.6. The van der Waals surface area contributed by atoms with E-state index in [9.17, 15) is 53.4 Å². The van der Waals surface area contributed by atoms with E-state index in [4.69, 9.17) is 28.3 Å². The van der Waals surface area contributed by atoms with Gasteiger partial charge in [-0.15, -0.1) is 11.8 Å². The van der Waals surface area contributed by atoms with E-state index in [0.29, 0.717) is 69.9 Å². The molecule has 0 radical (unpaired) electrons. The standard InChI is InChI=1S/C91H129N25O19S/c1-9-11-24-70-83(128)104-61(23-17-31-98-91(95)96)79(124)111-69(78(123)101-43-75(94)120)46-136-47-76(121)103-65(34-51-27-29-56(118)30-28-51)86(131)112(6)50(5)77(122)107-67(39-74(93)119)88(133)115-32-18-26-71(115)84(129)106-63(38-55-42-97-48-102-55)81(126)108-64(33-49(3)4)89(134)116-44-54(92)37-73(116)85(130)105-62(35-52-40-99-59-21-15-13-19-57(52)59)80(125)110-68(45-117)82(127)109-66(36-53-41-100-60-22-16-14-20-58(53)60)87(132)114(8)72(25-12-10-2)90(135)113(70)7/h13-16,19-22,27-30,40-42,48-50,54,61-73,99-100,117-118H,9-12,17-18,23-26,31-39,43-47,92H2,1-8H3,(H2,93,119)(H2,94,120)(H,97,102)(H,101,123)(H,103,121)(H,104,128)(H,105,130)(H,106,129)(H,107,122)(H,108,126)(H,109,127)(H,110,125)(H,111,124)(H4,95,96,98)/t50-,54+,61-,62-,63-,64-,65-,66-,67-,68-,69-,70-,71-,72-,73-/m0/s1. The highest BCUT2D eigenvalue weighted by Gasteiger charge is 2.47. The van der Waals surface area contributed by atoms with Gasteiger partial charge in [0.25, 0.3) is 0 Å². The lowest BCUT2D eigenvalue weighted by Crippen LogP contribution is -2.62. The van der Waals surface area contributed by atoms with Crippen LogP contribution in [0.1, 0.15) is 140 Å². The third-order valence-electron chi connectivity index (χ3n) is 24.4. The molecular weight excluding hydrogens is 1780 g/mol. The molecule has 45 heteroatoms. The largest absolute Gasteiger partial charge is 0.508 e. The zero-order chi connectivity index (χ0) is 99.3. The molecule has 15 atom stereocenters. The number of hydrogen-bond acceptors (Lipinski definition) is 23. The Morgan fingerprint density at radius 2 is 1.09 bits per heavy atom. The van der Waals surface area contributed by atoms with Crippen molar-refractivity contribution in [1.82, 2.24) is 103 Å². The van der Waals surface area contributed by atoms with E-state index >= 15 is 38.4 Å². The number of nitrogens with zero attached hydrogens (tertiary/aromatic N) is 6. The van der Waals surface area contributed by atoms with Crippen molar-refractivity contribution in [3.63, 3.8) is 0 Å². The molecule has 136 heavy (non-hydrogen) atoms. The van der Waals surface area contributed by atoms with Gasteiger partial charge in [-0.1, -0.05) is 102 Å². The molecular formula is C91H129N25O19S. The molecule has 0 aliphatic carbocycles. The van der Waals surface area contributed by atoms with Crippen LogP contribution in [0.4, 0.5) is 0 Å². The van der Waals surface area contributed by atoms with Gasteiger partial charge in [0.05, 0.1) is 31.7 Å². The number of H-pyrrole nitrogens is 3. The van der Waals surface area contributed by atoms with Gasteiger partial charge in [-0.2, -0.15) is 0 Å². The van der Waals surface area contributed by atoms with Crippen molar-refractivity contribution in [2.45, 2.75) is 234 Å². The first-order chi connectivity index (χ1) is 64.8. The highest BCUT2D eigenvalue weighted by molar-refractivity contribution is 8.00. The summed E-state index contributed by atoms with van der Waals surface area (Å²) >= 11 is 0.763. The number of nitrogens with two attached hydrogens (primary N) is 4. The molecule has 3 fully saturated rings. The minimum absolute atomic E-state index is 0.00623. The van der Waals surface area contributed by atoms with Crippen LogP contribution in [0.5, 0.6) is 5.75 Å². The molecule has 44 nitrogen and oxygen atoms in total. The number of aromatic amines is 3. The molecule has 6 aromatic rings. The Morgan fingerprint density at radius 1 is 0.551 bits per heavy atom. The van der Waals surface area contributed by atoms with Crippen molar-refractivity contribution in [3.8, 4) is 5.75 Å². The highest BCUT2D eigenvalue weighted by Crippen LogP contribution is 2.28. The predicted molar refractivity (Wildman–Crippen MR) is 502 cm³/mol. The van der Waals surface area contributed by atoms with E-state index in [2.05, 4.69) is 78.4 Å². The molecule has 0 bridgehead atoms. The van der Waals surface area contributed by atoms with Crippen LogP contribution in [-0.2, 0) is 107 Å². The minimum Gasteiger partial charge on any atom is -0.508 e. The van der Waals surface area contributed by atoms with Gasteiger partial charge in [0, 0.05) is 124 Å². The summed E-state index contributed by atoms with van der Waals surface area (Å²) in [5.74, 6) is -17.7. The lowest BCUT2D eigenvalue weighted by molar-refractivity contribution is -0.149. The summed E-state index contributed by atoms with van der Waals surface area (Å²) in [5, 5.41) is 59.9. The van der Waals surface area contributed by atoms with Crippen molar-refractivity contribution in [2.24, 2.45) is 28.9 Å². The lowest BCUT2D eigenvalue weighted by Gasteiger charge is -2.36. The van der Waals surface area contributed by atoms with E-state index in [-0.39, 0.29) is 108 Å². The van der Waals surface area contributed by atoms with Crippen LogP contribution in [0.25, 0.3) is 21.8 Å². The van der Waals surface area contributed by atoms with E-state index < -0.39 is 228 Å². The molecule has 3 saturated heterocycles. The average molecular weight is 1910 g/mol. The summed E-state index contributed by atoms with van der Waals surface area (Å²) in [7, 11) is 3.92. The van der Waals surface area contributed by atoms with E-state index in [0.717, 1.165) is 31.4 Å². The molecule has 3 aliphatic heterocycles. The van der Waals surface area contributed by atoms with Crippen LogP contribution in [-0.4, -0.2) is 317 Å². The number of amides is 17. The molecule has 25 N–H and O–H groups in total. The summed E-state index contributed by atoms with van der Waals surface area (Å²) in [4.78, 5) is 270. The van der Waals surface area contributed by atoms with E-state index in [1.54, 1.807) is 74.8 Å². The quantitative estimate of drug-likeness (QED) is 0.0147. The normalized spacial score (nSPS) is 24.7. The first-order valence-electron chi connectivity index (χ1n) is 45.6. The maximum Gasteiger partial charge on any atom is 0.246 e. The fourth-order valence-electron chi connectivity index (χ4n) is 16.8. The topological polar surface area (TPSA) is 667 Å². The number of carbonyl (C=O) groups excluding carboxylic acids is 17. The number of aromatic hydroxyl groups is 1.